The Morgan fingerprint density at radius 1 is 1.04 bits per heavy atom. The van der Waals surface area contributed by atoms with Crippen molar-refractivity contribution in [2.24, 2.45) is 0 Å². The van der Waals surface area contributed by atoms with Gasteiger partial charge in [-0.25, -0.2) is 4.79 Å². The summed E-state index contributed by atoms with van der Waals surface area (Å²) in [5.41, 5.74) is -0.426. The predicted octanol–water partition coefficient (Wildman–Crippen LogP) is 2.85. The van der Waals surface area contributed by atoms with Crippen molar-refractivity contribution in [3.8, 4) is 0 Å². The fraction of sp³-hybridized carbons (Fsp3) is 0.944. The van der Waals surface area contributed by atoms with Gasteiger partial charge in [0.1, 0.15) is 5.60 Å². The average molecular weight is 325 g/mol. The van der Waals surface area contributed by atoms with Crippen molar-refractivity contribution in [3.63, 3.8) is 0 Å². The molecular formula is C18H35N3O2. The Hall–Kier alpha value is -0.810. The smallest absolute Gasteiger partial charge is 0.407 e. The lowest BCUT2D eigenvalue weighted by atomic mass is 10.0. The number of nitrogens with zero attached hydrogens (tertiary/aromatic N) is 2. The molecule has 2 heterocycles. The van der Waals surface area contributed by atoms with E-state index in [0.29, 0.717) is 12.6 Å². The van der Waals surface area contributed by atoms with Crippen LogP contribution in [0.5, 0.6) is 0 Å². The second-order valence-corrected chi connectivity index (χ2v) is 7.97. The van der Waals surface area contributed by atoms with Crippen LogP contribution in [0, 0.1) is 0 Å². The minimum atomic E-state index is -0.426. The number of carbonyl (C=O) groups excluding carboxylic acids is 1. The summed E-state index contributed by atoms with van der Waals surface area (Å²) in [6.45, 7) is 12.4. The van der Waals surface area contributed by atoms with Gasteiger partial charge in [-0.05, 0) is 66.1 Å². The molecule has 2 saturated heterocycles. The molecule has 0 radical (unpaired) electrons. The van der Waals surface area contributed by atoms with Crippen molar-refractivity contribution < 1.29 is 9.53 Å². The first kappa shape index (κ1) is 18.5. The third-order valence-corrected chi connectivity index (χ3v) is 4.78. The number of ether oxygens (including phenoxy) is 1. The SMILES string of the molecule is CC(C)(C)OC(=O)NCC1CCCCN1CCN1CCCCC1. The maximum Gasteiger partial charge on any atom is 0.407 e. The molecule has 0 aromatic rings. The largest absolute Gasteiger partial charge is 0.444 e. The first-order chi connectivity index (χ1) is 10.9. The van der Waals surface area contributed by atoms with Crippen LogP contribution in [0.4, 0.5) is 4.79 Å². The highest BCUT2D eigenvalue weighted by Crippen LogP contribution is 2.17. The second kappa shape index (κ2) is 8.88. The highest BCUT2D eigenvalue weighted by molar-refractivity contribution is 5.67. The maximum absolute atomic E-state index is 11.9. The Morgan fingerprint density at radius 2 is 1.74 bits per heavy atom. The van der Waals surface area contributed by atoms with Crippen molar-refractivity contribution in [3.05, 3.63) is 0 Å². The summed E-state index contributed by atoms with van der Waals surface area (Å²) in [6.07, 6.45) is 7.52. The van der Waals surface area contributed by atoms with Crippen LogP contribution in [0.25, 0.3) is 0 Å². The zero-order chi connectivity index (χ0) is 16.7. The van der Waals surface area contributed by atoms with Crippen LogP contribution in [-0.2, 0) is 4.74 Å². The van der Waals surface area contributed by atoms with Gasteiger partial charge in [0.2, 0.25) is 0 Å². The van der Waals surface area contributed by atoms with Crippen molar-refractivity contribution in [1.82, 2.24) is 15.1 Å². The summed E-state index contributed by atoms with van der Waals surface area (Å²) in [6, 6.07) is 0.459. The van der Waals surface area contributed by atoms with Gasteiger partial charge in [0, 0.05) is 25.7 Å². The number of rotatable bonds is 5. The number of hydrogen-bond donors (Lipinski definition) is 1. The van der Waals surface area contributed by atoms with Crippen LogP contribution in [-0.4, -0.2) is 66.8 Å². The lowest BCUT2D eigenvalue weighted by Gasteiger charge is -2.37. The molecule has 5 nitrogen and oxygen atoms in total. The molecule has 134 valence electrons. The molecule has 0 aliphatic carbocycles. The average Bonchev–Trinajstić information content (AvgIpc) is 2.51. The fourth-order valence-electron chi connectivity index (χ4n) is 3.55. The first-order valence-electron chi connectivity index (χ1n) is 9.37. The Labute approximate surface area is 141 Å². The minimum Gasteiger partial charge on any atom is -0.444 e. The Morgan fingerprint density at radius 3 is 2.43 bits per heavy atom. The van der Waals surface area contributed by atoms with E-state index in [1.807, 2.05) is 20.8 Å². The Balaban J connectivity index is 1.73. The van der Waals surface area contributed by atoms with E-state index in [9.17, 15) is 4.79 Å². The van der Waals surface area contributed by atoms with Gasteiger partial charge in [0.15, 0.2) is 0 Å². The van der Waals surface area contributed by atoms with Gasteiger partial charge in [0.25, 0.3) is 0 Å². The molecule has 0 spiro atoms. The standard InChI is InChI=1S/C18H35N3O2/c1-18(2,3)23-17(22)19-15-16-9-5-8-12-21(16)14-13-20-10-6-4-7-11-20/h16H,4-15H2,1-3H3,(H,19,22). The lowest BCUT2D eigenvalue weighted by molar-refractivity contribution is 0.0489. The second-order valence-electron chi connectivity index (χ2n) is 7.97. The van der Waals surface area contributed by atoms with Gasteiger partial charge in [-0.2, -0.15) is 0 Å². The molecule has 1 amide bonds. The van der Waals surface area contributed by atoms with Gasteiger partial charge in [-0.1, -0.05) is 12.8 Å². The fourth-order valence-corrected chi connectivity index (χ4v) is 3.55. The minimum absolute atomic E-state index is 0.293. The molecule has 2 aliphatic heterocycles. The van der Waals surface area contributed by atoms with E-state index < -0.39 is 5.60 Å². The van der Waals surface area contributed by atoms with E-state index in [-0.39, 0.29) is 6.09 Å². The van der Waals surface area contributed by atoms with Crippen molar-refractivity contribution >= 4 is 6.09 Å². The number of alkyl carbamates (subject to hydrolysis) is 1. The molecule has 1 N–H and O–H groups in total. The molecular weight excluding hydrogens is 290 g/mol. The quantitative estimate of drug-likeness (QED) is 0.844. The third-order valence-electron chi connectivity index (χ3n) is 4.78. The molecule has 0 saturated carbocycles. The van der Waals surface area contributed by atoms with Gasteiger partial charge in [0.05, 0.1) is 0 Å². The van der Waals surface area contributed by atoms with Crippen molar-refractivity contribution in [2.45, 2.75) is 70.9 Å². The monoisotopic (exact) mass is 325 g/mol. The van der Waals surface area contributed by atoms with Crippen LogP contribution < -0.4 is 5.32 Å². The molecule has 2 rings (SSSR count). The van der Waals surface area contributed by atoms with E-state index >= 15 is 0 Å². The van der Waals surface area contributed by atoms with Crippen molar-refractivity contribution in [2.75, 3.05) is 39.3 Å². The van der Waals surface area contributed by atoms with Crippen LogP contribution in [0.1, 0.15) is 59.3 Å². The first-order valence-corrected chi connectivity index (χ1v) is 9.37. The van der Waals surface area contributed by atoms with E-state index in [2.05, 4.69) is 15.1 Å². The summed E-state index contributed by atoms with van der Waals surface area (Å²) in [5, 5.41) is 2.96. The van der Waals surface area contributed by atoms with E-state index in [1.54, 1.807) is 0 Å². The van der Waals surface area contributed by atoms with Crippen LogP contribution in [0.2, 0.25) is 0 Å². The molecule has 2 fully saturated rings. The lowest BCUT2D eigenvalue weighted by Crippen LogP contribution is -2.50. The summed E-state index contributed by atoms with van der Waals surface area (Å²) in [4.78, 5) is 17.0. The maximum atomic E-state index is 11.9. The van der Waals surface area contributed by atoms with E-state index in [1.165, 1.54) is 58.2 Å². The third kappa shape index (κ3) is 7.08. The van der Waals surface area contributed by atoms with E-state index in [4.69, 9.17) is 4.74 Å². The normalized spacial score (nSPS) is 24.4. The summed E-state index contributed by atoms with van der Waals surface area (Å²) in [5.74, 6) is 0. The number of carbonyl (C=O) groups is 1. The number of piperidine rings is 2. The highest BCUT2D eigenvalue weighted by Gasteiger charge is 2.24. The van der Waals surface area contributed by atoms with Crippen LogP contribution in [0.15, 0.2) is 0 Å². The summed E-state index contributed by atoms with van der Waals surface area (Å²) in [7, 11) is 0. The molecule has 0 bridgehead atoms. The Kier molecular flexibility index (Phi) is 7.15. The molecule has 23 heavy (non-hydrogen) atoms. The topological polar surface area (TPSA) is 44.8 Å². The van der Waals surface area contributed by atoms with Gasteiger partial charge >= 0.3 is 6.09 Å². The van der Waals surface area contributed by atoms with Gasteiger partial charge in [-0.3, -0.25) is 4.90 Å². The van der Waals surface area contributed by atoms with Gasteiger partial charge < -0.3 is 15.0 Å². The van der Waals surface area contributed by atoms with Crippen LogP contribution in [0.3, 0.4) is 0 Å². The number of likely N-dealkylation sites (tertiary alicyclic amines) is 2. The molecule has 0 aromatic carbocycles. The zero-order valence-corrected chi connectivity index (χ0v) is 15.3. The molecule has 0 aromatic heterocycles. The Bertz CT molecular complexity index is 362. The van der Waals surface area contributed by atoms with E-state index in [0.717, 1.165) is 13.1 Å². The molecule has 1 atom stereocenters. The zero-order valence-electron chi connectivity index (χ0n) is 15.3. The molecule has 5 heteroatoms. The summed E-state index contributed by atoms with van der Waals surface area (Å²) >= 11 is 0. The molecule has 1 unspecified atom stereocenters. The van der Waals surface area contributed by atoms with Gasteiger partial charge in [-0.15, -0.1) is 0 Å². The summed E-state index contributed by atoms with van der Waals surface area (Å²) < 4.78 is 5.34. The number of amides is 1. The number of hydrogen-bond acceptors (Lipinski definition) is 4. The number of nitrogens with one attached hydrogen (secondary N) is 1. The van der Waals surface area contributed by atoms with Crippen LogP contribution >= 0.6 is 0 Å². The highest BCUT2D eigenvalue weighted by atomic mass is 16.6. The molecule has 2 aliphatic rings. The van der Waals surface area contributed by atoms with Crippen molar-refractivity contribution in [1.29, 1.82) is 0 Å². The predicted molar refractivity (Wildman–Crippen MR) is 93.7 cm³/mol.